The third kappa shape index (κ3) is 2.43. The van der Waals surface area contributed by atoms with Crippen LogP contribution in [0.15, 0.2) is 9.66 Å². The van der Waals surface area contributed by atoms with Crippen LogP contribution in [0.4, 0.5) is 0 Å². The van der Waals surface area contributed by atoms with Crippen molar-refractivity contribution in [1.29, 1.82) is 0 Å². The maximum absolute atomic E-state index is 12.0. The van der Waals surface area contributed by atoms with E-state index >= 15 is 0 Å². The standard InChI is InChI=1S/C20H30INO/c1-19-11-8-18(23)22-12-9-13(19)3-4-14-15-5-6-17(21)20(15,2)10-7-16(14)19/h6,13-16H,3-5,7-12H2,1-2H3,(H,22,23)/t13-,14-,15-,16?,19-,20-/m0/s1. The molecule has 4 aliphatic rings. The predicted molar refractivity (Wildman–Crippen MR) is 102 cm³/mol. The zero-order valence-corrected chi connectivity index (χ0v) is 16.7. The van der Waals surface area contributed by atoms with Crippen LogP contribution < -0.4 is 5.32 Å². The second kappa shape index (κ2) is 5.74. The van der Waals surface area contributed by atoms with Crippen molar-refractivity contribution in [3.05, 3.63) is 9.66 Å². The average molecular weight is 427 g/mol. The Morgan fingerprint density at radius 1 is 1.13 bits per heavy atom. The second-order valence-corrected chi connectivity index (χ2v) is 10.2. The van der Waals surface area contributed by atoms with Crippen molar-refractivity contribution >= 4 is 28.5 Å². The van der Waals surface area contributed by atoms with E-state index in [0.29, 0.717) is 10.8 Å². The fourth-order valence-electron chi connectivity index (χ4n) is 6.77. The molecular weight excluding hydrogens is 397 g/mol. The number of amides is 1. The molecule has 0 spiro atoms. The average Bonchev–Trinajstić information content (AvgIpc) is 2.82. The van der Waals surface area contributed by atoms with Gasteiger partial charge in [-0.2, -0.15) is 0 Å². The number of hydrogen-bond acceptors (Lipinski definition) is 1. The molecule has 6 atom stereocenters. The predicted octanol–water partition coefficient (Wildman–Crippen LogP) is 5.07. The molecule has 1 saturated heterocycles. The van der Waals surface area contributed by atoms with E-state index in [4.69, 9.17) is 0 Å². The summed E-state index contributed by atoms with van der Waals surface area (Å²) in [7, 11) is 0. The minimum Gasteiger partial charge on any atom is -0.356 e. The molecule has 1 unspecified atom stereocenters. The maximum Gasteiger partial charge on any atom is 0.220 e. The molecule has 3 heteroatoms. The molecule has 3 fully saturated rings. The topological polar surface area (TPSA) is 29.1 Å². The Balaban J connectivity index is 1.63. The first kappa shape index (κ1) is 16.4. The Hall–Kier alpha value is -0.0600. The molecule has 3 aliphatic carbocycles. The van der Waals surface area contributed by atoms with Gasteiger partial charge in [-0.3, -0.25) is 4.79 Å². The first-order valence-corrected chi connectivity index (χ1v) is 10.7. The number of halogens is 1. The molecule has 128 valence electrons. The summed E-state index contributed by atoms with van der Waals surface area (Å²) in [5.41, 5.74) is 0.861. The third-order valence-electron chi connectivity index (χ3n) is 8.26. The van der Waals surface area contributed by atoms with Crippen molar-refractivity contribution in [3.8, 4) is 0 Å². The molecule has 1 N–H and O–H groups in total. The van der Waals surface area contributed by atoms with Crippen LogP contribution in [0.1, 0.15) is 65.2 Å². The van der Waals surface area contributed by atoms with Gasteiger partial charge >= 0.3 is 0 Å². The van der Waals surface area contributed by atoms with Crippen molar-refractivity contribution in [2.24, 2.45) is 34.5 Å². The lowest BCUT2D eigenvalue weighted by Gasteiger charge is -2.59. The van der Waals surface area contributed by atoms with Gasteiger partial charge in [-0.05, 0) is 100 Å². The number of nitrogens with one attached hydrogen (secondary N) is 1. The molecule has 1 amide bonds. The summed E-state index contributed by atoms with van der Waals surface area (Å²) in [5.74, 6) is 3.71. The number of hydrogen-bond donors (Lipinski definition) is 1. The van der Waals surface area contributed by atoms with Crippen LogP contribution >= 0.6 is 22.6 Å². The lowest BCUT2D eigenvalue weighted by atomic mass is 9.46. The number of rotatable bonds is 0. The molecule has 23 heavy (non-hydrogen) atoms. The second-order valence-electron chi connectivity index (χ2n) is 9.04. The Morgan fingerprint density at radius 2 is 1.96 bits per heavy atom. The molecule has 1 heterocycles. The minimum atomic E-state index is 0.282. The lowest BCUT2D eigenvalue weighted by molar-refractivity contribution is -0.127. The van der Waals surface area contributed by atoms with Gasteiger partial charge in [0, 0.05) is 18.4 Å². The van der Waals surface area contributed by atoms with E-state index in [-0.39, 0.29) is 5.91 Å². The highest BCUT2D eigenvalue weighted by atomic mass is 127. The van der Waals surface area contributed by atoms with E-state index in [0.717, 1.165) is 43.1 Å². The summed E-state index contributed by atoms with van der Waals surface area (Å²) >= 11 is 2.61. The highest BCUT2D eigenvalue weighted by Crippen LogP contribution is 2.66. The number of allylic oxidation sites excluding steroid dienone is 2. The van der Waals surface area contributed by atoms with E-state index in [1.54, 1.807) is 3.58 Å². The van der Waals surface area contributed by atoms with Gasteiger partial charge in [-0.15, -0.1) is 0 Å². The molecule has 2 saturated carbocycles. The highest BCUT2D eigenvalue weighted by molar-refractivity contribution is 14.1. The van der Waals surface area contributed by atoms with Crippen molar-refractivity contribution in [3.63, 3.8) is 0 Å². The van der Waals surface area contributed by atoms with Crippen molar-refractivity contribution < 1.29 is 4.79 Å². The van der Waals surface area contributed by atoms with E-state index in [1.807, 2.05) is 0 Å². The van der Waals surface area contributed by atoms with Gasteiger partial charge in [0.05, 0.1) is 0 Å². The van der Waals surface area contributed by atoms with Gasteiger partial charge in [-0.25, -0.2) is 0 Å². The van der Waals surface area contributed by atoms with Crippen LogP contribution in [0.25, 0.3) is 0 Å². The molecular formula is C20H30INO. The Bertz CT molecular complexity index is 544. The van der Waals surface area contributed by atoms with Gasteiger partial charge in [0.1, 0.15) is 0 Å². The molecule has 0 aromatic carbocycles. The first-order valence-electron chi connectivity index (χ1n) is 9.58. The van der Waals surface area contributed by atoms with Crippen molar-refractivity contribution in [2.45, 2.75) is 65.2 Å². The molecule has 1 aliphatic heterocycles. The SMILES string of the molecule is C[C@]12CCC3[C@@H](CC[C@H]4CCNC(=O)CC[C@]34C)[C@@H]1CC=C2I. The molecule has 2 nitrogen and oxygen atoms in total. The smallest absolute Gasteiger partial charge is 0.220 e. The fourth-order valence-corrected chi connectivity index (χ4v) is 7.69. The van der Waals surface area contributed by atoms with Gasteiger partial charge in [0.15, 0.2) is 0 Å². The summed E-state index contributed by atoms with van der Waals surface area (Å²) in [6.07, 6.45) is 12.4. The molecule has 4 rings (SSSR count). The van der Waals surface area contributed by atoms with Gasteiger partial charge in [0.25, 0.3) is 0 Å². The minimum absolute atomic E-state index is 0.282. The normalized spacial score (nSPS) is 49.9. The van der Waals surface area contributed by atoms with Crippen LogP contribution in [-0.2, 0) is 4.79 Å². The number of carbonyl (C=O) groups excluding carboxylic acids is 1. The lowest BCUT2D eigenvalue weighted by Crippen LogP contribution is -2.52. The van der Waals surface area contributed by atoms with E-state index in [2.05, 4.69) is 47.8 Å². The zero-order chi connectivity index (χ0) is 16.2. The quantitative estimate of drug-likeness (QED) is 0.537. The van der Waals surface area contributed by atoms with Gasteiger partial charge < -0.3 is 5.32 Å². The number of carbonyl (C=O) groups is 1. The Kier molecular flexibility index (Phi) is 4.10. The Labute approximate surface area is 154 Å². The largest absolute Gasteiger partial charge is 0.356 e. The monoisotopic (exact) mass is 427 g/mol. The van der Waals surface area contributed by atoms with Crippen LogP contribution in [0.3, 0.4) is 0 Å². The summed E-state index contributed by atoms with van der Waals surface area (Å²) in [6.45, 7) is 5.97. The van der Waals surface area contributed by atoms with Crippen LogP contribution in [0.2, 0.25) is 0 Å². The summed E-state index contributed by atoms with van der Waals surface area (Å²) < 4.78 is 1.63. The fraction of sp³-hybridized carbons (Fsp3) is 0.850. The molecule has 0 radical (unpaired) electrons. The Morgan fingerprint density at radius 3 is 2.78 bits per heavy atom. The van der Waals surface area contributed by atoms with Crippen molar-refractivity contribution in [1.82, 2.24) is 5.32 Å². The zero-order valence-electron chi connectivity index (χ0n) is 14.5. The highest BCUT2D eigenvalue weighted by Gasteiger charge is 2.57. The molecule has 0 bridgehead atoms. The summed E-state index contributed by atoms with van der Waals surface area (Å²) in [5, 5.41) is 3.11. The van der Waals surface area contributed by atoms with Gasteiger partial charge in [-0.1, -0.05) is 19.9 Å². The van der Waals surface area contributed by atoms with Crippen molar-refractivity contribution in [2.75, 3.05) is 6.54 Å². The van der Waals surface area contributed by atoms with Gasteiger partial charge in [0.2, 0.25) is 5.91 Å². The van der Waals surface area contributed by atoms with Crippen LogP contribution in [-0.4, -0.2) is 12.5 Å². The third-order valence-corrected chi connectivity index (χ3v) is 9.93. The molecule has 0 aromatic heterocycles. The van der Waals surface area contributed by atoms with E-state index in [9.17, 15) is 4.79 Å². The first-order chi connectivity index (χ1) is 10.9. The van der Waals surface area contributed by atoms with Crippen LogP contribution in [0.5, 0.6) is 0 Å². The maximum atomic E-state index is 12.0. The van der Waals surface area contributed by atoms with Crippen LogP contribution in [0, 0.1) is 34.5 Å². The number of fused-ring (bicyclic) bond motifs is 5. The molecule has 0 aromatic rings. The van der Waals surface area contributed by atoms with E-state index in [1.165, 1.54) is 38.5 Å². The summed E-state index contributed by atoms with van der Waals surface area (Å²) in [6, 6.07) is 0. The summed E-state index contributed by atoms with van der Waals surface area (Å²) in [4.78, 5) is 12.0. The van der Waals surface area contributed by atoms with E-state index < -0.39 is 0 Å².